The lowest BCUT2D eigenvalue weighted by Crippen LogP contribution is -2.18. The molecule has 0 fully saturated rings. The van der Waals surface area contributed by atoms with Crippen molar-refractivity contribution >= 4 is 43.5 Å². The van der Waals surface area contributed by atoms with Gasteiger partial charge in [0.25, 0.3) is 0 Å². The number of nitrogens with one attached hydrogen (secondary N) is 1. The Morgan fingerprint density at radius 1 is 1.19 bits per heavy atom. The summed E-state index contributed by atoms with van der Waals surface area (Å²) in [6.45, 7) is 2.88. The molecule has 1 N–H and O–H groups in total. The van der Waals surface area contributed by atoms with E-state index in [1.807, 2.05) is 18.2 Å². The lowest BCUT2D eigenvalue weighted by atomic mass is 10.1. The molecule has 0 heterocycles. The van der Waals surface area contributed by atoms with E-state index < -0.39 is 0 Å². The van der Waals surface area contributed by atoms with Crippen LogP contribution in [0.4, 0.5) is 0 Å². The zero-order chi connectivity index (χ0) is 15.4. The molecule has 2 rings (SSSR count). The molecule has 0 aliphatic rings. The third kappa shape index (κ3) is 4.46. The van der Waals surface area contributed by atoms with Gasteiger partial charge in [0.2, 0.25) is 0 Å². The van der Waals surface area contributed by atoms with Gasteiger partial charge in [-0.2, -0.15) is 0 Å². The predicted octanol–water partition coefficient (Wildman–Crippen LogP) is 5.72. The summed E-state index contributed by atoms with van der Waals surface area (Å²) in [6, 6.07) is 12.3. The van der Waals surface area contributed by atoms with E-state index in [0.717, 1.165) is 26.3 Å². The van der Waals surface area contributed by atoms with Crippen molar-refractivity contribution in [2.45, 2.75) is 19.5 Å². The first-order chi connectivity index (χ1) is 10.0. The molecule has 0 aliphatic carbocycles. The van der Waals surface area contributed by atoms with Crippen LogP contribution in [0.25, 0.3) is 0 Å². The monoisotopic (exact) mass is 431 g/mol. The van der Waals surface area contributed by atoms with Gasteiger partial charge in [-0.1, -0.05) is 23.7 Å². The van der Waals surface area contributed by atoms with Crippen LogP contribution in [-0.4, -0.2) is 7.11 Å². The van der Waals surface area contributed by atoms with Gasteiger partial charge >= 0.3 is 0 Å². The molecule has 0 aromatic heterocycles. The minimum absolute atomic E-state index is 0.225. The van der Waals surface area contributed by atoms with Crippen molar-refractivity contribution in [2.75, 3.05) is 7.11 Å². The molecule has 0 aliphatic heterocycles. The van der Waals surface area contributed by atoms with Crippen LogP contribution in [0.5, 0.6) is 5.75 Å². The van der Waals surface area contributed by atoms with Crippen LogP contribution in [0, 0.1) is 0 Å². The Bertz CT molecular complexity index is 610. The predicted molar refractivity (Wildman–Crippen MR) is 95.1 cm³/mol. The minimum atomic E-state index is 0.225. The summed E-state index contributed by atoms with van der Waals surface area (Å²) < 4.78 is 7.18. The van der Waals surface area contributed by atoms with Gasteiger partial charge in [-0.25, -0.2) is 0 Å². The molecule has 21 heavy (non-hydrogen) atoms. The van der Waals surface area contributed by atoms with Gasteiger partial charge in [0.15, 0.2) is 0 Å². The standard InChI is InChI=1S/C16H16Br2ClNO/c1-10(12-4-3-5-13(19)8-12)20-9-11-6-14(17)16(21-2)15(18)7-11/h3-8,10,20H,9H2,1-2H3. The third-order valence-corrected chi connectivity index (χ3v) is 4.64. The topological polar surface area (TPSA) is 21.3 Å². The van der Waals surface area contributed by atoms with Gasteiger partial charge in [-0.3, -0.25) is 0 Å². The number of benzene rings is 2. The summed E-state index contributed by atoms with van der Waals surface area (Å²) in [6.07, 6.45) is 0. The van der Waals surface area contributed by atoms with Gasteiger partial charge in [0.1, 0.15) is 5.75 Å². The number of halogens is 3. The van der Waals surface area contributed by atoms with E-state index in [2.05, 4.69) is 62.3 Å². The van der Waals surface area contributed by atoms with Crippen molar-refractivity contribution in [3.63, 3.8) is 0 Å². The highest BCUT2D eigenvalue weighted by Gasteiger charge is 2.09. The molecule has 1 atom stereocenters. The highest BCUT2D eigenvalue weighted by molar-refractivity contribution is 9.11. The van der Waals surface area contributed by atoms with Crippen LogP contribution < -0.4 is 10.1 Å². The van der Waals surface area contributed by atoms with Crippen LogP contribution in [0.15, 0.2) is 45.3 Å². The van der Waals surface area contributed by atoms with E-state index in [0.29, 0.717) is 0 Å². The highest BCUT2D eigenvalue weighted by atomic mass is 79.9. The van der Waals surface area contributed by atoms with Crippen LogP contribution >= 0.6 is 43.5 Å². The van der Waals surface area contributed by atoms with Gasteiger partial charge in [0.05, 0.1) is 16.1 Å². The minimum Gasteiger partial charge on any atom is -0.494 e. The zero-order valence-corrected chi connectivity index (χ0v) is 15.7. The second kappa shape index (κ2) is 7.63. The average Bonchev–Trinajstić information content (AvgIpc) is 2.44. The number of ether oxygens (including phenoxy) is 1. The van der Waals surface area contributed by atoms with Crippen molar-refractivity contribution in [2.24, 2.45) is 0 Å². The molecule has 0 saturated carbocycles. The van der Waals surface area contributed by atoms with Crippen molar-refractivity contribution < 1.29 is 4.74 Å². The first kappa shape index (κ1) is 16.8. The zero-order valence-electron chi connectivity index (χ0n) is 11.8. The summed E-state index contributed by atoms with van der Waals surface area (Å²) in [4.78, 5) is 0. The Balaban J connectivity index is 2.06. The number of rotatable bonds is 5. The molecule has 0 saturated heterocycles. The van der Waals surface area contributed by atoms with Crippen molar-refractivity contribution in [1.29, 1.82) is 0 Å². The fraction of sp³-hybridized carbons (Fsp3) is 0.250. The Labute approximate surface area is 147 Å². The van der Waals surface area contributed by atoms with Crippen LogP contribution in [0.2, 0.25) is 5.02 Å². The lowest BCUT2D eigenvalue weighted by Gasteiger charge is -2.16. The maximum atomic E-state index is 6.03. The van der Waals surface area contributed by atoms with E-state index in [9.17, 15) is 0 Å². The van der Waals surface area contributed by atoms with Gasteiger partial charge in [0, 0.05) is 17.6 Å². The van der Waals surface area contributed by atoms with E-state index in [1.54, 1.807) is 7.11 Å². The third-order valence-electron chi connectivity index (χ3n) is 3.22. The van der Waals surface area contributed by atoms with Crippen molar-refractivity contribution in [3.05, 3.63) is 61.5 Å². The Kier molecular flexibility index (Phi) is 6.11. The molecule has 2 aromatic rings. The quantitative estimate of drug-likeness (QED) is 0.651. The summed E-state index contributed by atoms with van der Waals surface area (Å²) in [5.41, 5.74) is 2.34. The van der Waals surface area contributed by atoms with Gasteiger partial charge in [-0.05, 0) is 74.2 Å². The average molecular weight is 434 g/mol. The SMILES string of the molecule is COc1c(Br)cc(CNC(C)c2cccc(Cl)c2)cc1Br. The molecule has 0 amide bonds. The number of hydrogen-bond donors (Lipinski definition) is 1. The summed E-state index contributed by atoms with van der Waals surface area (Å²) in [5.74, 6) is 0.807. The van der Waals surface area contributed by atoms with E-state index in [4.69, 9.17) is 16.3 Å². The number of methoxy groups -OCH3 is 1. The van der Waals surface area contributed by atoms with E-state index in [1.165, 1.54) is 11.1 Å². The first-order valence-corrected chi connectivity index (χ1v) is 8.48. The van der Waals surface area contributed by atoms with Crippen LogP contribution in [0.3, 0.4) is 0 Å². The second-order valence-electron chi connectivity index (χ2n) is 4.75. The normalized spacial score (nSPS) is 12.2. The van der Waals surface area contributed by atoms with Crippen LogP contribution in [0.1, 0.15) is 24.1 Å². The lowest BCUT2D eigenvalue weighted by molar-refractivity contribution is 0.409. The molecule has 1 unspecified atom stereocenters. The molecule has 112 valence electrons. The molecular formula is C16H16Br2ClNO. The highest BCUT2D eigenvalue weighted by Crippen LogP contribution is 2.34. The summed E-state index contributed by atoms with van der Waals surface area (Å²) in [5, 5.41) is 4.25. The maximum absolute atomic E-state index is 6.03. The largest absolute Gasteiger partial charge is 0.494 e. The fourth-order valence-corrected chi connectivity index (χ4v) is 3.88. The molecule has 0 bridgehead atoms. The molecule has 2 aromatic carbocycles. The second-order valence-corrected chi connectivity index (χ2v) is 6.90. The van der Waals surface area contributed by atoms with E-state index >= 15 is 0 Å². The Morgan fingerprint density at radius 3 is 2.43 bits per heavy atom. The molecule has 0 radical (unpaired) electrons. The summed E-state index contributed by atoms with van der Waals surface area (Å²) >= 11 is 13.1. The maximum Gasteiger partial charge on any atom is 0.147 e. The first-order valence-electron chi connectivity index (χ1n) is 6.52. The van der Waals surface area contributed by atoms with E-state index in [-0.39, 0.29) is 6.04 Å². The Hall–Kier alpha value is -0.550. The van der Waals surface area contributed by atoms with Crippen molar-refractivity contribution in [3.8, 4) is 5.75 Å². The molecule has 2 nitrogen and oxygen atoms in total. The van der Waals surface area contributed by atoms with Gasteiger partial charge in [-0.15, -0.1) is 0 Å². The van der Waals surface area contributed by atoms with Gasteiger partial charge < -0.3 is 10.1 Å². The fourth-order valence-electron chi connectivity index (χ4n) is 2.07. The smallest absolute Gasteiger partial charge is 0.147 e. The van der Waals surface area contributed by atoms with Crippen molar-refractivity contribution in [1.82, 2.24) is 5.32 Å². The molecule has 5 heteroatoms. The summed E-state index contributed by atoms with van der Waals surface area (Å²) in [7, 11) is 1.66. The van der Waals surface area contributed by atoms with Crippen LogP contribution in [-0.2, 0) is 6.54 Å². The molecular weight excluding hydrogens is 417 g/mol. The number of hydrogen-bond acceptors (Lipinski definition) is 2. The Morgan fingerprint density at radius 2 is 1.86 bits per heavy atom. The molecule has 0 spiro atoms.